The quantitative estimate of drug-likeness (QED) is 0.798. The van der Waals surface area contributed by atoms with Crippen LogP contribution < -0.4 is 10.2 Å². The second kappa shape index (κ2) is 8.79. The van der Waals surface area contributed by atoms with Gasteiger partial charge in [0.2, 0.25) is 5.91 Å². The third kappa shape index (κ3) is 4.41. The minimum Gasteiger partial charge on any atom is -0.465 e. The molecule has 0 unspecified atom stereocenters. The number of hydrogen-bond acceptors (Lipinski definition) is 6. The molecule has 0 saturated heterocycles. The summed E-state index contributed by atoms with van der Waals surface area (Å²) in [6.07, 6.45) is 6.06. The molecular weight excluding hydrogens is 355 g/mol. The van der Waals surface area contributed by atoms with Crippen LogP contribution in [0.3, 0.4) is 0 Å². The highest BCUT2D eigenvalue weighted by molar-refractivity contribution is 6.05. The first-order chi connectivity index (χ1) is 12.9. The van der Waals surface area contributed by atoms with Crippen LogP contribution >= 0.6 is 0 Å². The molecule has 1 N–H and O–H groups in total. The van der Waals surface area contributed by atoms with Gasteiger partial charge in [-0.3, -0.25) is 4.79 Å². The summed E-state index contributed by atoms with van der Waals surface area (Å²) in [5.74, 6) is -2.55. The minimum atomic E-state index is -0.853. The average Bonchev–Trinajstić information content (AvgIpc) is 2.90. The number of anilines is 2. The van der Waals surface area contributed by atoms with Crippen molar-refractivity contribution in [2.24, 2.45) is 0 Å². The zero-order valence-corrected chi connectivity index (χ0v) is 15.1. The summed E-state index contributed by atoms with van der Waals surface area (Å²) in [5, 5.41) is 2.62. The van der Waals surface area contributed by atoms with E-state index in [1.807, 2.05) is 0 Å². The molecule has 1 aliphatic heterocycles. The number of allylic oxidation sites excluding steroid dienone is 2. The number of methoxy groups -OCH3 is 2. The van der Waals surface area contributed by atoms with Gasteiger partial charge < -0.3 is 19.7 Å². The number of carbonyl (C=O) groups excluding carboxylic acids is 3. The van der Waals surface area contributed by atoms with Crippen molar-refractivity contribution in [2.45, 2.75) is 13.3 Å². The first-order valence-electron chi connectivity index (χ1n) is 8.07. The Morgan fingerprint density at radius 2 is 1.81 bits per heavy atom. The van der Waals surface area contributed by atoms with Gasteiger partial charge in [-0.1, -0.05) is 13.0 Å². The lowest BCUT2D eigenvalue weighted by molar-refractivity contribution is -0.139. The van der Waals surface area contributed by atoms with Crippen LogP contribution in [-0.4, -0.2) is 32.1 Å². The summed E-state index contributed by atoms with van der Waals surface area (Å²) in [4.78, 5) is 37.3. The van der Waals surface area contributed by atoms with Crippen molar-refractivity contribution in [2.75, 3.05) is 24.4 Å². The van der Waals surface area contributed by atoms with E-state index in [1.165, 1.54) is 48.6 Å². The molecule has 8 heteroatoms. The summed E-state index contributed by atoms with van der Waals surface area (Å²) < 4.78 is 24.0. The van der Waals surface area contributed by atoms with E-state index in [-0.39, 0.29) is 29.3 Å². The molecule has 0 radical (unpaired) electrons. The predicted octanol–water partition coefficient (Wildman–Crippen LogP) is 2.66. The molecule has 1 aliphatic rings. The van der Waals surface area contributed by atoms with Crippen LogP contribution in [-0.2, 0) is 23.9 Å². The molecule has 1 heterocycles. The van der Waals surface area contributed by atoms with Gasteiger partial charge >= 0.3 is 11.9 Å². The highest BCUT2D eigenvalue weighted by Gasteiger charge is 2.29. The number of hydrogen-bond donors (Lipinski definition) is 1. The second-order valence-electron chi connectivity index (χ2n) is 5.38. The number of nitrogens with zero attached hydrogens (tertiary/aromatic N) is 1. The zero-order valence-electron chi connectivity index (χ0n) is 15.1. The van der Waals surface area contributed by atoms with Gasteiger partial charge in [-0.25, -0.2) is 14.0 Å². The average molecular weight is 374 g/mol. The lowest BCUT2D eigenvalue weighted by atomic mass is 10.1. The van der Waals surface area contributed by atoms with E-state index in [9.17, 15) is 18.8 Å². The topological polar surface area (TPSA) is 84.9 Å². The molecule has 1 aromatic carbocycles. The van der Waals surface area contributed by atoms with Gasteiger partial charge in [0.05, 0.1) is 25.5 Å². The van der Waals surface area contributed by atoms with Crippen molar-refractivity contribution in [1.82, 2.24) is 0 Å². The Kier molecular flexibility index (Phi) is 6.48. The standard InChI is InChI=1S/C19H19FN2O5/c1-4-16(23)21-12-8-9-14(20)15(11-12)22-10-6-5-7-13(18(24)26-2)17(22)19(25)27-3/h5-11H,4H2,1-3H3,(H,21,23). The van der Waals surface area contributed by atoms with Crippen molar-refractivity contribution < 1.29 is 28.2 Å². The second-order valence-corrected chi connectivity index (χ2v) is 5.38. The molecule has 0 fully saturated rings. The molecule has 0 bridgehead atoms. The normalized spacial score (nSPS) is 13.3. The van der Waals surface area contributed by atoms with Crippen LogP contribution in [0.4, 0.5) is 15.8 Å². The molecule has 0 aromatic heterocycles. The molecule has 27 heavy (non-hydrogen) atoms. The molecule has 142 valence electrons. The highest BCUT2D eigenvalue weighted by Crippen LogP contribution is 2.30. The van der Waals surface area contributed by atoms with Crippen LogP contribution in [0.15, 0.2) is 53.9 Å². The minimum absolute atomic E-state index is 0.0503. The number of carbonyl (C=O) groups is 3. The lowest BCUT2D eigenvalue weighted by Crippen LogP contribution is -2.27. The van der Waals surface area contributed by atoms with Crippen LogP contribution in [0.1, 0.15) is 13.3 Å². The molecule has 0 spiro atoms. The zero-order chi connectivity index (χ0) is 20.0. The van der Waals surface area contributed by atoms with Gasteiger partial charge in [0.25, 0.3) is 0 Å². The van der Waals surface area contributed by atoms with E-state index < -0.39 is 17.8 Å². The van der Waals surface area contributed by atoms with Crippen molar-refractivity contribution in [3.05, 3.63) is 59.7 Å². The van der Waals surface area contributed by atoms with Crippen molar-refractivity contribution in [1.29, 1.82) is 0 Å². The fraction of sp³-hybridized carbons (Fsp3) is 0.211. The molecule has 2 rings (SSSR count). The van der Waals surface area contributed by atoms with Crippen LogP contribution in [0.5, 0.6) is 0 Å². The van der Waals surface area contributed by atoms with Crippen molar-refractivity contribution in [3.63, 3.8) is 0 Å². The van der Waals surface area contributed by atoms with Crippen LogP contribution in [0.25, 0.3) is 0 Å². The Labute approximate surface area is 155 Å². The molecule has 0 aliphatic carbocycles. The lowest BCUT2D eigenvalue weighted by Gasteiger charge is -2.24. The number of halogens is 1. The number of nitrogens with one attached hydrogen (secondary N) is 1. The van der Waals surface area contributed by atoms with Gasteiger partial charge in [0.15, 0.2) is 0 Å². The van der Waals surface area contributed by atoms with E-state index in [0.29, 0.717) is 5.69 Å². The number of esters is 2. The van der Waals surface area contributed by atoms with Gasteiger partial charge in [-0.15, -0.1) is 0 Å². The maximum absolute atomic E-state index is 14.6. The first kappa shape index (κ1) is 19.9. The fourth-order valence-electron chi connectivity index (χ4n) is 2.38. The maximum atomic E-state index is 14.6. The summed E-state index contributed by atoms with van der Waals surface area (Å²) in [6, 6.07) is 3.91. The molecule has 1 amide bonds. The first-order valence-corrected chi connectivity index (χ1v) is 8.07. The summed E-state index contributed by atoms with van der Waals surface area (Å²) in [6.45, 7) is 1.68. The number of ether oxygens (including phenoxy) is 2. The van der Waals surface area contributed by atoms with E-state index in [2.05, 4.69) is 5.32 Å². The summed E-state index contributed by atoms with van der Waals surface area (Å²) in [5.41, 5.74) is -0.0256. The van der Waals surface area contributed by atoms with Crippen LogP contribution in [0.2, 0.25) is 0 Å². The monoisotopic (exact) mass is 374 g/mol. The Bertz CT molecular complexity index is 858. The molecule has 7 nitrogen and oxygen atoms in total. The number of amides is 1. The smallest absolute Gasteiger partial charge is 0.355 e. The molecule has 0 saturated carbocycles. The summed E-state index contributed by atoms with van der Waals surface area (Å²) >= 11 is 0. The van der Waals surface area contributed by atoms with E-state index in [4.69, 9.17) is 9.47 Å². The summed E-state index contributed by atoms with van der Waals surface area (Å²) in [7, 11) is 2.32. The van der Waals surface area contributed by atoms with Crippen molar-refractivity contribution >= 4 is 29.2 Å². The predicted molar refractivity (Wildman–Crippen MR) is 97.1 cm³/mol. The van der Waals surface area contributed by atoms with Gasteiger partial charge in [0.1, 0.15) is 11.5 Å². The Morgan fingerprint density at radius 1 is 1.11 bits per heavy atom. The molecule has 0 atom stereocenters. The Balaban J connectivity index is 2.63. The van der Waals surface area contributed by atoms with E-state index >= 15 is 0 Å². The van der Waals surface area contributed by atoms with Crippen molar-refractivity contribution in [3.8, 4) is 0 Å². The van der Waals surface area contributed by atoms with E-state index in [0.717, 1.165) is 13.2 Å². The highest BCUT2D eigenvalue weighted by atomic mass is 19.1. The van der Waals surface area contributed by atoms with Gasteiger partial charge in [0, 0.05) is 18.3 Å². The largest absolute Gasteiger partial charge is 0.465 e. The Morgan fingerprint density at radius 3 is 2.44 bits per heavy atom. The van der Waals surface area contributed by atoms with Gasteiger partial charge in [-0.05, 0) is 30.4 Å². The fourth-order valence-corrected chi connectivity index (χ4v) is 2.38. The molecule has 1 aromatic rings. The third-order valence-electron chi connectivity index (χ3n) is 3.70. The van der Waals surface area contributed by atoms with Crippen LogP contribution in [0, 0.1) is 5.82 Å². The van der Waals surface area contributed by atoms with E-state index in [1.54, 1.807) is 6.92 Å². The maximum Gasteiger partial charge on any atom is 0.355 e. The van der Waals surface area contributed by atoms with Gasteiger partial charge in [-0.2, -0.15) is 0 Å². The molecular formula is C19H19FN2O5. The third-order valence-corrected chi connectivity index (χ3v) is 3.70. The number of benzene rings is 1. The Hall–Kier alpha value is -3.42. The SMILES string of the molecule is CCC(=O)Nc1ccc(F)c(N2C=CC=CC(C(=O)OC)=C2C(=O)OC)c1. The number of rotatable bonds is 5.